The molecule has 2 heterocycles. The third kappa shape index (κ3) is 2.07. The fraction of sp³-hybridized carbons (Fsp3) is 0.0476. The van der Waals surface area contributed by atoms with Crippen molar-refractivity contribution in [2.24, 2.45) is 0 Å². The summed E-state index contributed by atoms with van der Waals surface area (Å²) in [6.45, 7) is 0. The van der Waals surface area contributed by atoms with Gasteiger partial charge in [0.2, 0.25) is 0 Å². The van der Waals surface area contributed by atoms with Gasteiger partial charge in [-0.25, -0.2) is 4.79 Å². The van der Waals surface area contributed by atoms with Crippen molar-refractivity contribution in [2.45, 2.75) is 5.60 Å². The van der Waals surface area contributed by atoms with Crippen LogP contribution in [0.5, 0.6) is 23.0 Å². The first-order valence-electron chi connectivity index (χ1n) is 8.39. The standard InChI is InChI=1S/C21H12NO5S/c23-11-4-6-13-17(8-11)26-18-9-12(24)5-7-14(18)21(13)15-2-1-3-16(22-10-28)19(15)20(25)27-21/h1-9,23-24H,(H,22,28). The number of phenolic OH excluding ortho intramolecular Hbond substituents is 2. The number of hydrogen-bond acceptors (Lipinski definition) is 6. The van der Waals surface area contributed by atoms with Crippen LogP contribution in [0, 0.1) is 0 Å². The first-order valence-corrected chi connectivity index (χ1v) is 8.80. The van der Waals surface area contributed by atoms with E-state index in [4.69, 9.17) is 21.7 Å². The Kier molecular flexibility index (Phi) is 3.38. The summed E-state index contributed by atoms with van der Waals surface area (Å²) in [6, 6.07) is 14.5. The molecule has 3 aromatic carbocycles. The van der Waals surface area contributed by atoms with Gasteiger partial charge in [0.1, 0.15) is 28.5 Å². The van der Waals surface area contributed by atoms with Crippen molar-refractivity contribution in [3.05, 3.63) is 76.9 Å². The van der Waals surface area contributed by atoms with Crippen LogP contribution >= 0.6 is 12.2 Å². The summed E-state index contributed by atoms with van der Waals surface area (Å²) < 4.78 is 11.9. The summed E-state index contributed by atoms with van der Waals surface area (Å²) in [6.07, 6.45) is 0. The van der Waals surface area contributed by atoms with Crippen LogP contribution in [-0.4, -0.2) is 21.7 Å². The highest BCUT2D eigenvalue weighted by atomic mass is 32.1. The Morgan fingerprint density at radius 2 is 1.57 bits per heavy atom. The maximum Gasteiger partial charge on any atom is 0.342 e. The number of carbonyl (C=O) groups is 1. The lowest BCUT2D eigenvalue weighted by Gasteiger charge is -2.36. The summed E-state index contributed by atoms with van der Waals surface area (Å²) in [4.78, 5) is 12.9. The molecule has 1 spiro atoms. The first-order chi connectivity index (χ1) is 13.5. The van der Waals surface area contributed by atoms with Crippen LogP contribution in [0.2, 0.25) is 0 Å². The van der Waals surface area contributed by atoms with Crippen LogP contribution < -0.4 is 10.1 Å². The van der Waals surface area contributed by atoms with Gasteiger partial charge in [0.15, 0.2) is 5.60 Å². The van der Waals surface area contributed by atoms with Crippen molar-refractivity contribution in [2.75, 3.05) is 5.32 Å². The number of anilines is 1. The minimum Gasteiger partial charge on any atom is -0.508 e. The lowest BCUT2D eigenvalue weighted by atomic mass is 9.77. The Bertz CT molecular complexity index is 1120. The van der Waals surface area contributed by atoms with Gasteiger partial charge in [-0.2, -0.15) is 0 Å². The average molecular weight is 390 g/mol. The highest BCUT2D eigenvalue weighted by molar-refractivity contribution is 7.79. The zero-order chi connectivity index (χ0) is 19.5. The summed E-state index contributed by atoms with van der Waals surface area (Å²) >= 11 is 4.76. The van der Waals surface area contributed by atoms with Gasteiger partial charge in [-0.05, 0) is 30.3 Å². The number of benzene rings is 3. The van der Waals surface area contributed by atoms with Crippen LogP contribution in [0.1, 0.15) is 27.0 Å². The smallest absolute Gasteiger partial charge is 0.342 e. The zero-order valence-corrected chi connectivity index (χ0v) is 15.0. The molecular weight excluding hydrogens is 378 g/mol. The molecule has 5 rings (SSSR count). The summed E-state index contributed by atoms with van der Waals surface area (Å²) in [5, 5.41) is 22.6. The number of nitrogens with one attached hydrogen (secondary N) is 1. The molecular formula is C21H12NO5S. The van der Waals surface area contributed by atoms with E-state index in [-0.39, 0.29) is 11.5 Å². The van der Waals surface area contributed by atoms with E-state index in [2.05, 4.69) is 10.8 Å². The topological polar surface area (TPSA) is 88.0 Å². The van der Waals surface area contributed by atoms with E-state index in [0.29, 0.717) is 39.4 Å². The second-order valence-corrected chi connectivity index (χ2v) is 6.69. The van der Waals surface area contributed by atoms with Crippen molar-refractivity contribution in [3.63, 3.8) is 0 Å². The van der Waals surface area contributed by atoms with Crippen LogP contribution in [0.15, 0.2) is 54.6 Å². The van der Waals surface area contributed by atoms with E-state index in [1.807, 2.05) is 0 Å². The number of rotatable bonds is 2. The van der Waals surface area contributed by atoms with Gasteiger partial charge >= 0.3 is 5.97 Å². The van der Waals surface area contributed by atoms with Crippen LogP contribution in [0.25, 0.3) is 0 Å². The summed E-state index contributed by atoms with van der Waals surface area (Å²) in [5.74, 6) is 0.154. The van der Waals surface area contributed by atoms with Gasteiger partial charge in [0.25, 0.3) is 0 Å². The average Bonchev–Trinajstić information content (AvgIpc) is 2.96. The molecule has 0 atom stereocenters. The number of ether oxygens (including phenoxy) is 2. The Hall–Kier alpha value is -3.58. The van der Waals surface area contributed by atoms with E-state index in [1.165, 1.54) is 24.3 Å². The predicted octanol–water partition coefficient (Wildman–Crippen LogP) is 3.91. The molecule has 0 aromatic heterocycles. The van der Waals surface area contributed by atoms with Crippen molar-refractivity contribution >= 4 is 29.4 Å². The minimum absolute atomic E-state index is 0.00720. The molecule has 0 saturated heterocycles. The number of hydrogen-bond donors (Lipinski definition) is 3. The molecule has 3 N–H and O–H groups in total. The fourth-order valence-electron chi connectivity index (χ4n) is 3.91. The molecule has 0 amide bonds. The Balaban J connectivity index is 1.88. The van der Waals surface area contributed by atoms with Crippen molar-refractivity contribution in [1.29, 1.82) is 0 Å². The van der Waals surface area contributed by atoms with Crippen molar-refractivity contribution < 1.29 is 24.5 Å². The SMILES string of the molecule is O=C1OC2(c3ccc(O)cc3Oc3cc(O)ccc32)c2cccc(N[C]=S)c21. The van der Waals surface area contributed by atoms with Crippen molar-refractivity contribution in [3.8, 4) is 23.0 Å². The van der Waals surface area contributed by atoms with E-state index in [0.717, 1.165) is 0 Å². The normalized spacial score (nSPS) is 15.1. The molecule has 3 aromatic rings. The lowest BCUT2D eigenvalue weighted by molar-refractivity contribution is 0.0224. The van der Waals surface area contributed by atoms with Gasteiger partial charge in [0, 0.05) is 28.8 Å². The molecule has 137 valence electrons. The van der Waals surface area contributed by atoms with Crippen LogP contribution in [0.3, 0.4) is 0 Å². The van der Waals surface area contributed by atoms with Gasteiger partial charge in [-0.1, -0.05) is 24.4 Å². The number of aromatic hydroxyl groups is 2. The molecule has 0 fully saturated rings. The number of thiocarbonyl (C=S) groups is 1. The Morgan fingerprint density at radius 3 is 2.18 bits per heavy atom. The molecule has 6 nitrogen and oxygen atoms in total. The molecule has 1 radical (unpaired) electrons. The van der Waals surface area contributed by atoms with E-state index >= 15 is 0 Å². The maximum absolute atomic E-state index is 12.9. The summed E-state index contributed by atoms with van der Waals surface area (Å²) in [7, 11) is 0. The number of fused-ring (bicyclic) bond motifs is 6. The van der Waals surface area contributed by atoms with E-state index in [9.17, 15) is 15.0 Å². The lowest BCUT2D eigenvalue weighted by Crippen LogP contribution is -2.32. The molecule has 2 aliphatic rings. The predicted molar refractivity (Wildman–Crippen MR) is 104 cm³/mol. The maximum atomic E-state index is 12.9. The molecule has 0 bridgehead atoms. The minimum atomic E-state index is -1.28. The number of carbonyl (C=O) groups excluding carboxylic acids is 1. The van der Waals surface area contributed by atoms with E-state index in [1.54, 1.807) is 30.3 Å². The molecule has 7 heteroatoms. The summed E-state index contributed by atoms with van der Waals surface area (Å²) in [5.41, 5.74) is 3.71. The largest absolute Gasteiger partial charge is 0.508 e. The van der Waals surface area contributed by atoms with E-state index < -0.39 is 11.6 Å². The monoisotopic (exact) mass is 390 g/mol. The molecule has 2 aliphatic heterocycles. The number of esters is 1. The highest BCUT2D eigenvalue weighted by Crippen LogP contribution is 2.57. The van der Waals surface area contributed by atoms with Crippen molar-refractivity contribution in [1.82, 2.24) is 0 Å². The molecule has 28 heavy (non-hydrogen) atoms. The molecule has 0 unspecified atom stereocenters. The van der Waals surface area contributed by atoms with Gasteiger partial charge in [-0.15, -0.1) is 0 Å². The highest BCUT2D eigenvalue weighted by Gasteiger charge is 2.54. The quantitative estimate of drug-likeness (QED) is 0.347. The second kappa shape index (κ2) is 5.71. The van der Waals surface area contributed by atoms with Crippen LogP contribution in [-0.2, 0) is 10.3 Å². The third-order valence-electron chi connectivity index (χ3n) is 4.99. The third-order valence-corrected chi connectivity index (χ3v) is 5.09. The fourth-order valence-corrected chi connectivity index (χ4v) is 4.02. The Labute approximate surface area is 165 Å². The molecule has 0 saturated carbocycles. The molecule has 0 aliphatic carbocycles. The Morgan fingerprint density at radius 1 is 0.929 bits per heavy atom. The van der Waals surface area contributed by atoms with Crippen LogP contribution in [0.4, 0.5) is 5.69 Å². The number of phenols is 2. The second-order valence-electron chi connectivity index (χ2n) is 6.49. The first kappa shape index (κ1) is 16.6. The van der Waals surface area contributed by atoms with Gasteiger partial charge < -0.3 is 25.0 Å². The zero-order valence-electron chi connectivity index (χ0n) is 14.2. The van der Waals surface area contributed by atoms with Gasteiger partial charge in [0.05, 0.1) is 11.3 Å². The van der Waals surface area contributed by atoms with Gasteiger partial charge in [-0.3, -0.25) is 0 Å².